The van der Waals surface area contributed by atoms with Gasteiger partial charge in [-0.2, -0.15) is 0 Å². The maximum atomic E-state index is 10.6. The molecule has 0 saturated heterocycles. The molecule has 4 aliphatic carbocycles. The van der Waals surface area contributed by atoms with Gasteiger partial charge in [0.2, 0.25) is 0 Å². The lowest BCUT2D eigenvalue weighted by Crippen LogP contribution is -2.64. The van der Waals surface area contributed by atoms with Crippen LogP contribution in [-0.4, -0.2) is 37.6 Å². The summed E-state index contributed by atoms with van der Waals surface area (Å²) >= 11 is 0. The van der Waals surface area contributed by atoms with Gasteiger partial charge in [-0.1, -0.05) is 27.7 Å². The molecule has 4 saturated carbocycles. The van der Waals surface area contributed by atoms with Crippen molar-refractivity contribution in [1.29, 1.82) is 0 Å². The number of hydrogen-bond acceptors (Lipinski definition) is 3. The molecule has 1 N–H and O–H groups in total. The zero-order chi connectivity index (χ0) is 18.9. The van der Waals surface area contributed by atoms with Gasteiger partial charge in [0, 0.05) is 14.2 Å². The van der Waals surface area contributed by atoms with Gasteiger partial charge in [0.1, 0.15) is 0 Å². The Kier molecular flexibility index (Phi) is 4.57. The molecular formula is C23H40O3. The van der Waals surface area contributed by atoms with Gasteiger partial charge in [-0.15, -0.1) is 0 Å². The van der Waals surface area contributed by atoms with E-state index in [1.807, 2.05) is 14.2 Å². The summed E-state index contributed by atoms with van der Waals surface area (Å²) in [6.07, 6.45) is 8.90. The predicted molar refractivity (Wildman–Crippen MR) is 104 cm³/mol. The molecule has 0 bridgehead atoms. The van der Waals surface area contributed by atoms with Crippen LogP contribution in [-0.2, 0) is 9.47 Å². The first-order valence-electron chi connectivity index (χ1n) is 10.9. The van der Waals surface area contributed by atoms with Crippen LogP contribution in [0.4, 0.5) is 0 Å². The first-order chi connectivity index (χ1) is 12.2. The molecule has 0 unspecified atom stereocenters. The summed E-state index contributed by atoms with van der Waals surface area (Å²) in [4.78, 5) is 0. The summed E-state index contributed by atoms with van der Waals surface area (Å²) in [6.45, 7) is 9.74. The molecule has 4 fully saturated rings. The smallest absolute Gasteiger partial charge is 0.0628 e. The minimum atomic E-state index is -0.135. The van der Waals surface area contributed by atoms with E-state index in [1.165, 1.54) is 25.7 Å². The molecule has 0 aliphatic heterocycles. The maximum Gasteiger partial charge on any atom is 0.0628 e. The summed E-state index contributed by atoms with van der Waals surface area (Å²) in [5.41, 5.74) is 0.770. The van der Waals surface area contributed by atoms with Crippen LogP contribution in [0, 0.1) is 39.9 Å². The van der Waals surface area contributed by atoms with Crippen LogP contribution < -0.4 is 0 Å². The Morgan fingerprint density at radius 2 is 1.65 bits per heavy atom. The minimum Gasteiger partial charge on any atom is -0.393 e. The SMILES string of the molecule is CO[C@H]1C[C@]2(C)[C@@H](OC)CC[C@H]2[C@@H]2CC[C@@]3(C)C[C@H](O)[C@H](C)C[C@]3(C)[C@H]21. The molecule has 0 radical (unpaired) electrons. The molecule has 0 aromatic carbocycles. The van der Waals surface area contributed by atoms with Gasteiger partial charge in [0.05, 0.1) is 18.3 Å². The third kappa shape index (κ3) is 2.35. The monoisotopic (exact) mass is 364 g/mol. The average Bonchev–Trinajstić information content (AvgIpc) is 2.92. The molecule has 0 aromatic rings. The molecule has 0 aromatic heterocycles. The Morgan fingerprint density at radius 3 is 2.31 bits per heavy atom. The van der Waals surface area contributed by atoms with E-state index in [4.69, 9.17) is 9.47 Å². The van der Waals surface area contributed by atoms with Gasteiger partial charge in [0.15, 0.2) is 0 Å². The Labute approximate surface area is 160 Å². The Bertz CT molecular complexity index is 550. The largest absolute Gasteiger partial charge is 0.393 e. The van der Waals surface area contributed by atoms with Gasteiger partial charge in [0.25, 0.3) is 0 Å². The van der Waals surface area contributed by atoms with E-state index >= 15 is 0 Å². The fourth-order valence-electron chi connectivity index (χ4n) is 8.54. The average molecular weight is 365 g/mol. The summed E-state index contributed by atoms with van der Waals surface area (Å²) in [5, 5.41) is 10.6. The van der Waals surface area contributed by atoms with Gasteiger partial charge < -0.3 is 14.6 Å². The van der Waals surface area contributed by atoms with Crippen LogP contribution in [0.5, 0.6) is 0 Å². The Balaban J connectivity index is 1.74. The van der Waals surface area contributed by atoms with E-state index in [0.29, 0.717) is 24.0 Å². The number of hydrogen-bond donors (Lipinski definition) is 1. The third-order valence-electron chi connectivity index (χ3n) is 10.1. The van der Waals surface area contributed by atoms with Crippen LogP contribution in [0.1, 0.15) is 72.6 Å². The first kappa shape index (κ1) is 19.2. The molecule has 150 valence electrons. The number of rotatable bonds is 2. The second-order valence-corrected chi connectivity index (χ2v) is 11.1. The number of ether oxygens (including phenoxy) is 2. The quantitative estimate of drug-likeness (QED) is 0.774. The second kappa shape index (κ2) is 6.19. The molecule has 0 spiro atoms. The fourth-order valence-corrected chi connectivity index (χ4v) is 8.54. The molecule has 26 heavy (non-hydrogen) atoms. The van der Waals surface area contributed by atoms with Crippen molar-refractivity contribution in [3.63, 3.8) is 0 Å². The van der Waals surface area contributed by atoms with E-state index in [2.05, 4.69) is 27.7 Å². The molecule has 0 heterocycles. The fraction of sp³-hybridized carbons (Fsp3) is 1.00. The lowest BCUT2D eigenvalue weighted by atomic mass is 9.39. The Morgan fingerprint density at radius 1 is 0.923 bits per heavy atom. The highest BCUT2D eigenvalue weighted by Gasteiger charge is 2.66. The Hall–Kier alpha value is -0.120. The molecule has 3 nitrogen and oxygen atoms in total. The highest BCUT2D eigenvalue weighted by molar-refractivity contribution is 5.15. The predicted octanol–water partition coefficient (Wildman–Crippen LogP) is 4.67. The zero-order valence-corrected chi connectivity index (χ0v) is 17.8. The standard InChI is InChI=1S/C23H40O3/c1-14-11-23(4)20-15(9-10-21(23,2)12-17(14)24)16-7-8-19(26-6)22(16,3)13-18(20)25-5/h14-20,24H,7-13H2,1-6H3/t14-,15+,16+,17+,18+,19+,20-,21+,22+,23-/m1/s1. The van der Waals surface area contributed by atoms with Crippen LogP contribution in [0.2, 0.25) is 0 Å². The summed E-state index contributed by atoms with van der Waals surface area (Å²) in [7, 11) is 3.83. The van der Waals surface area contributed by atoms with Crippen LogP contribution >= 0.6 is 0 Å². The van der Waals surface area contributed by atoms with E-state index in [9.17, 15) is 5.11 Å². The highest BCUT2D eigenvalue weighted by atomic mass is 16.5. The maximum absolute atomic E-state index is 10.6. The van der Waals surface area contributed by atoms with Crippen molar-refractivity contribution < 1.29 is 14.6 Å². The van der Waals surface area contributed by atoms with Crippen molar-refractivity contribution in [3.8, 4) is 0 Å². The molecular weight excluding hydrogens is 324 g/mol. The van der Waals surface area contributed by atoms with Gasteiger partial charge in [-0.3, -0.25) is 0 Å². The van der Waals surface area contributed by atoms with E-state index in [-0.39, 0.29) is 22.3 Å². The number of aliphatic hydroxyl groups excluding tert-OH is 1. The van der Waals surface area contributed by atoms with Crippen LogP contribution in [0.25, 0.3) is 0 Å². The van der Waals surface area contributed by atoms with E-state index < -0.39 is 0 Å². The van der Waals surface area contributed by atoms with Crippen molar-refractivity contribution in [3.05, 3.63) is 0 Å². The molecule has 10 atom stereocenters. The number of methoxy groups -OCH3 is 2. The van der Waals surface area contributed by atoms with Gasteiger partial charge >= 0.3 is 0 Å². The topological polar surface area (TPSA) is 38.7 Å². The minimum absolute atomic E-state index is 0.135. The summed E-state index contributed by atoms with van der Waals surface area (Å²) in [6, 6.07) is 0. The second-order valence-electron chi connectivity index (χ2n) is 11.1. The normalized spacial score (nSPS) is 59.4. The highest BCUT2D eigenvalue weighted by Crippen LogP contribution is 2.70. The zero-order valence-electron chi connectivity index (χ0n) is 17.8. The third-order valence-corrected chi connectivity index (χ3v) is 10.1. The van der Waals surface area contributed by atoms with E-state index in [1.54, 1.807) is 0 Å². The molecule has 3 heteroatoms. The van der Waals surface area contributed by atoms with Crippen molar-refractivity contribution in [2.75, 3.05) is 14.2 Å². The number of aliphatic hydroxyl groups is 1. The van der Waals surface area contributed by atoms with Crippen molar-refractivity contribution in [2.24, 2.45) is 39.9 Å². The van der Waals surface area contributed by atoms with Gasteiger partial charge in [-0.05, 0) is 84.9 Å². The van der Waals surface area contributed by atoms with Crippen molar-refractivity contribution in [2.45, 2.75) is 91.0 Å². The van der Waals surface area contributed by atoms with Gasteiger partial charge in [-0.25, -0.2) is 0 Å². The lowest BCUT2D eigenvalue weighted by Gasteiger charge is -2.67. The first-order valence-corrected chi connectivity index (χ1v) is 10.9. The molecule has 4 aliphatic rings. The van der Waals surface area contributed by atoms with Crippen LogP contribution in [0.3, 0.4) is 0 Å². The van der Waals surface area contributed by atoms with E-state index in [0.717, 1.165) is 31.1 Å². The van der Waals surface area contributed by atoms with Crippen molar-refractivity contribution >= 4 is 0 Å². The van der Waals surface area contributed by atoms with Crippen LogP contribution in [0.15, 0.2) is 0 Å². The number of fused-ring (bicyclic) bond motifs is 5. The molecule has 0 amide bonds. The molecule has 4 rings (SSSR count). The van der Waals surface area contributed by atoms with Crippen molar-refractivity contribution in [1.82, 2.24) is 0 Å². The summed E-state index contributed by atoms with van der Waals surface area (Å²) in [5.74, 6) is 2.54. The lowest BCUT2D eigenvalue weighted by molar-refractivity contribution is -0.227. The summed E-state index contributed by atoms with van der Waals surface area (Å²) < 4.78 is 12.2.